The van der Waals surface area contributed by atoms with Gasteiger partial charge in [-0.3, -0.25) is 14.4 Å². The monoisotopic (exact) mass is 564 g/mol. The fourth-order valence-corrected chi connectivity index (χ4v) is 6.95. The summed E-state index contributed by atoms with van der Waals surface area (Å²) in [6.07, 6.45) is 8.62. The molecule has 220 valence electrons. The van der Waals surface area contributed by atoms with Gasteiger partial charge in [0.15, 0.2) is 0 Å². The summed E-state index contributed by atoms with van der Waals surface area (Å²) in [4.78, 5) is 26.2. The molecule has 0 unspecified atom stereocenters. The number of thioether (sulfide) groups is 1. The van der Waals surface area contributed by atoms with Crippen molar-refractivity contribution in [1.82, 2.24) is 51.8 Å². The maximum atomic E-state index is 12.2. The van der Waals surface area contributed by atoms with E-state index >= 15 is 0 Å². The van der Waals surface area contributed by atoms with Crippen LogP contribution in [0.3, 0.4) is 0 Å². The fraction of sp³-hybridized carbons (Fsp3) is 0.846. The zero-order valence-corrected chi connectivity index (χ0v) is 24.1. The average Bonchev–Trinajstić information content (AvgIpc) is 3.63. The Labute approximate surface area is 236 Å². The summed E-state index contributed by atoms with van der Waals surface area (Å²) in [5.74, 6) is 1.09. The third-order valence-corrected chi connectivity index (χ3v) is 9.07. The molecule has 3 aliphatic heterocycles. The van der Waals surface area contributed by atoms with E-state index in [0.717, 1.165) is 115 Å². The van der Waals surface area contributed by atoms with Gasteiger partial charge in [0.25, 0.3) is 0 Å². The molecule has 3 amide bonds. The van der Waals surface area contributed by atoms with Crippen molar-refractivity contribution in [3.63, 3.8) is 0 Å². The summed E-state index contributed by atoms with van der Waals surface area (Å²) in [6, 6.07) is 0.467. The zero-order chi connectivity index (χ0) is 27.1. The quantitative estimate of drug-likeness (QED) is 0.160. The number of hydrogen-bond acceptors (Lipinski definition) is 9. The smallest absolute Gasteiger partial charge is 0.315 e. The van der Waals surface area contributed by atoms with Crippen LogP contribution in [0.25, 0.3) is 0 Å². The highest BCUT2D eigenvalue weighted by Gasteiger charge is 2.42. The first-order valence-corrected chi connectivity index (χ1v) is 15.9. The number of aromatic nitrogens is 3. The van der Waals surface area contributed by atoms with Gasteiger partial charge in [-0.05, 0) is 58.3 Å². The Morgan fingerprint density at radius 2 is 1.82 bits per heavy atom. The molecule has 3 aliphatic rings. The van der Waals surface area contributed by atoms with Crippen LogP contribution in [0.2, 0.25) is 0 Å². The van der Waals surface area contributed by atoms with Crippen LogP contribution in [0, 0.1) is 0 Å². The van der Waals surface area contributed by atoms with Crippen molar-refractivity contribution in [1.29, 1.82) is 0 Å². The van der Waals surface area contributed by atoms with E-state index in [0.29, 0.717) is 18.2 Å². The van der Waals surface area contributed by atoms with E-state index in [9.17, 15) is 9.59 Å². The molecule has 12 nitrogen and oxygen atoms in total. The summed E-state index contributed by atoms with van der Waals surface area (Å²) in [5, 5.41) is 28.7. The molecular weight excluding hydrogens is 516 g/mol. The Hall–Kier alpha value is -1.93. The van der Waals surface area contributed by atoms with Gasteiger partial charge in [-0.15, -0.1) is 5.10 Å². The molecule has 3 atom stereocenters. The maximum absolute atomic E-state index is 12.2. The Balaban J connectivity index is 1.05. The Bertz CT molecular complexity index is 858. The fourth-order valence-electron chi connectivity index (χ4n) is 5.41. The third kappa shape index (κ3) is 10.9. The maximum Gasteiger partial charge on any atom is 0.315 e. The minimum absolute atomic E-state index is 0.0415. The molecule has 1 aromatic heterocycles. The molecule has 0 radical (unpaired) electrons. The van der Waals surface area contributed by atoms with Crippen LogP contribution in [-0.4, -0.2) is 114 Å². The molecule has 4 heterocycles. The van der Waals surface area contributed by atoms with Crippen molar-refractivity contribution in [3.05, 3.63) is 11.9 Å². The van der Waals surface area contributed by atoms with Crippen LogP contribution >= 0.6 is 11.8 Å². The molecule has 0 aromatic carbocycles. The number of carbonyl (C=O) groups is 2. The standard InChI is InChI=1S/C26H48N10O2S/c37-24(7-2-1-6-23-25-22(20-39-23)31-26(38)32-25)30-11-5-16-36-19-21(33-34-36)18-35-15-4-10-28-13-12-27-8-3-9-29-14-17-35/h19,22-23,25,27-29H,1-18,20H2,(H,30,37)(H2,31,32,38)/t22-,23-,25-/m0/s1. The Kier molecular flexibility index (Phi) is 13.1. The van der Waals surface area contributed by atoms with E-state index in [2.05, 4.69) is 47.1 Å². The topological polar surface area (TPSA) is 140 Å². The summed E-state index contributed by atoms with van der Waals surface area (Å²) < 4.78 is 1.89. The predicted molar refractivity (Wildman–Crippen MR) is 155 cm³/mol. The lowest BCUT2D eigenvalue weighted by molar-refractivity contribution is -0.121. The number of amides is 3. The Morgan fingerprint density at radius 1 is 1.00 bits per heavy atom. The molecule has 4 rings (SSSR count). The minimum atomic E-state index is -0.0415. The van der Waals surface area contributed by atoms with Gasteiger partial charge in [-0.25, -0.2) is 4.79 Å². The van der Waals surface area contributed by atoms with Gasteiger partial charge < -0.3 is 31.9 Å². The number of nitrogens with one attached hydrogen (secondary N) is 6. The van der Waals surface area contributed by atoms with Crippen LogP contribution in [0.4, 0.5) is 4.79 Å². The van der Waals surface area contributed by atoms with Crippen molar-refractivity contribution in [3.8, 4) is 0 Å². The van der Waals surface area contributed by atoms with Crippen molar-refractivity contribution < 1.29 is 9.59 Å². The normalized spacial score (nSPS) is 25.4. The van der Waals surface area contributed by atoms with Crippen molar-refractivity contribution >= 4 is 23.7 Å². The first kappa shape index (κ1) is 30.0. The van der Waals surface area contributed by atoms with Crippen molar-refractivity contribution in [2.45, 2.75) is 75.4 Å². The third-order valence-electron chi connectivity index (χ3n) is 7.56. The van der Waals surface area contributed by atoms with E-state index in [-0.39, 0.29) is 24.0 Å². The van der Waals surface area contributed by atoms with Gasteiger partial charge >= 0.3 is 6.03 Å². The molecule has 39 heavy (non-hydrogen) atoms. The second kappa shape index (κ2) is 17.0. The van der Waals surface area contributed by atoms with E-state index in [4.69, 9.17) is 0 Å². The minimum Gasteiger partial charge on any atom is -0.356 e. The predicted octanol–water partition coefficient (Wildman–Crippen LogP) is -0.125. The average molecular weight is 565 g/mol. The van der Waals surface area contributed by atoms with Crippen molar-refractivity contribution in [2.24, 2.45) is 0 Å². The van der Waals surface area contributed by atoms with E-state index in [1.54, 1.807) is 0 Å². The molecule has 0 spiro atoms. The molecule has 0 bridgehead atoms. The van der Waals surface area contributed by atoms with Gasteiger partial charge in [0.05, 0.1) is 17.8 Å². The Morgan fingerprint density at radius 3 is 2.69 bits per heavy atom. The first-order valence-electron chi connectivity index (χ1n) is 14.9. The lowest BCUT2D eigenvalue weighted by Gasteiger charge is -2.22. The number of fused-ring (bicyclic) bond motifs is 1. The molecule has 13 heteroatoms. The molecule has 0 saturated carbocycles. The summed E-state index contributed by atoms with van der Waals surface area (Å²) in [6.45, 7) is 10.4. The highest BCUT2D eigenvalue weighted by molar-refractivity contribution is 8.00. The summed E-state index contributed by atoms with van der Waals surface area (Å²) >= 11 is 1.93. The van der Waals surface area contributed by atoms with Crippen LogP contribution in [-0.2, 0) is 17.9 Å². The van der Waals surface area contributed by atoms with Crippen LogP contribution < -0.4 is 31.9 Å². The molecule has 3 saturated heterocycles. The van der Waals surface area contributed by atoms with Gasteiger partial charge in [-0.2, -0.15) is 11.8 Å². The van der Waals surface area contributed by atoms with Gasteiger partial charge in [-0.1, -0.05) is 11.6 Å². The number of hydrogen-bond donors (Lipinski definition) is 6. The van der Waals surface area contributed by atoms with Crippen LogP contribution in [0.1, 0.15) is 50.6 Å². The van der Waals surface area contributed by atoms with Gasteiger partial charge in [0.1, 0.15) is 0 Å². The number of aryl methyl sites for hydroxylation is 1. The second-order valence-corrected chi connectivity index (χ2v) is 12.0. The van der Waals surface area contributed by atoms with E-state index in [1.165, 1.54) is 0 Å². The number of rotatable bonds is 11. The van der Waals surface area contributed by atoms with Gasteiger partial charge in [0, 0.05) is 69.4 Å². The lowest BCUT2D eigenvalue weighted by Crippen LogP contribution is -2.36. The van der Waals surface area contributed by atoms with Gasteiger partial charge in [0.2, 0.25) is 5.91 Å². The first-order chi connectivity index (χ1) is 19.2. The van der Waals surface area contributed by atoms with E-state index < -0.39 is 0 Å². The number of carbonyl (C=O) groups excluding carboxylic acids is 2. The second-order valence-electron chi connectivity index (χ2n) is 10.8. The van der Waals surface area contributed by atoms with E-state index in [1.807, 2.05) is 22.6 Å². The molecule has 3 fully saturated rings. The number of unbranched alkanes of at least 4 members (excludes halogenated alkanes) is 1. The highest BCUT2D eigenvalue weighted by Crippen LogP contribution is 2.33. The largest absolute Gasteiger partial charge is 0.356 e. The molecule has 1 aromatic rings. The highest BCUT2D eigenvalue weighted by atomic mass is 32.2. The zero-order valence-electron chi connectivity index (χ0n) is 23.3. The molecule has 0 aliphatic carbocycles. The molecular formula is C26H48N10O2S. The van der Waals surface area contributed by atoms with Crippen LogP contribution in [0.15, 0.2) is 6.20 Å². The van der Waals surface area contributed by atoms with Crippen LogP contribution in [0.5, 0.6) is 0 Å². The van der Waals surface area contributed by atoms with Crippen molar-refractivity contribution in [2.75, 3.05) is 64.7 Å². The number of nitrogens with zero attached hydrogens (tertiary/aromatic N) is 4. The summed E-state index contributed by atoms with van der Waals surface area (Å²) in [7, 11) is 0. The molecule has 6 N–H and O–H groups in total. The summed E-state index contributed by atoms with van der Waals surface area (Å²) in [5.41, 5.74) is 0.997. The SMILES string of the molecule is O=C(CCCC[C@@H]1SC[C@@H]2NC(=O)N[C@@H]21)NCCCn1cc(CN2CCCNCCNCCCNCC2)nn1. The number of urea groups is 1. The lowest BCUT2D eigenvalue weighted by atomic mass is 10.0.